The number of rotatable bonds is 9. The summed E-state index contributed by atoms with van der Waals surface area (Å²) in [6, 6.07) is 7.53. The van der Waals surface area contributed by atoms with Crippen molar-refractivity contribution in [2.24, 2.45) is 0 Å². The zero-order valence-electron chi connectivity index (χ0n) is 13.4. The van der Waals surface area contributed by atoms with Crippen LogP contribution in [0.4, 0.5) is 0 Å². The fourth-order valence-electron chi connectivity index (χ4n) is 1.95. The van der Waals surface area contributed by atoms with Crippen LogP contribution in [0, 0.1) is 0 Å². The average molecular weight is 398 g/mol. The maximum atomic E-state index is 12.3. The lowest BCUT2D eigenvalue weighted by Gasteiger charge is -2.26. The van der Waals surface area contributed by atoms with Gasteiger partial charge in [-0.15, -0.1) is 0 Å². The van der Waals surface area contributed by atoms with Crippen LogP contribution in [-0.4, -0.2) is 35.8 Å². The van der Waals surface area contributed by atoms with Crippen LogP contribution in [0.3, 0.4) is 0 Å². The highest BCUT2D eigenvalue weighted by Gasteiger charge is 2.34. The molecule has 130 valence electrons. The second-order valence-corrected chi connectivity index (χ2v) is 5.50. The van der Waals surface area contributed by atoms with Crippen LogP contribution in [-0.2, 0) is 23.9 Å². The van der Waals surface area contributed by atoms with Crippen LogP contribution in [0.15, 0.2) is 43.0 Å². The molecule has 0 aliphatic heterocycles. The van der Waals surface area contributed by atoms with Crippen molar-refractivity contribution in [3.05, 3.63) is 48.6 Å². The zero-order valence-corrected chi connectivity index (χ0v) is 15.0. The van der Waals surface area contributed by atoms with E-state index in [9.17, 15) is 14.4 Å². The molecule has 1 N–H and O–H groups in total. The molecule has 0 saturated heterocycles. The highest BCUT2D eigenvalue weighted by atomic mass is 79.9. The molecule has 1 aromatic rings. The van der Waals surface area contributed by atoms with Crippen molar-refractivity contribution in [1.29, 1.82) is 0 Å². The third kappa shape index (κ3) is 6.16. The summed E-state index contributed by atoms with van der Waals surface area (Å²) in [4.78, 5) is 35.9. The average Bonchev–Trinajstić information content (AvgIpc) is 2.58. The van der Waals surface area contributed by atoms with E-state index < -0.39 is 30.0 Å². The van der Waals surface area contributed by atoms with Gasteiger partial charge in [-0.25, -0.2) is 4.79 Å². The van der Waals surface area contributed by atoms with Crippen molar-refractivity contribution >= 4 is 33.8 Å². The molecule has 1 rings (SSSR count). The van der Waals surface area contributed by atoms with Gasteiger partial charge in [0.1, 0.15) is 0 Å². The number of esters is 2. The van der Waals surface area contributed by atoms with Gasteiger partial charge >= 0.3 is 11.9 Å². The molecule has 0 aromatic heterocycles. The van der Waals surface area contributed by atoms with Crippen molar-refractivity contribution in [1.82, 2.24) is 5.32 Å². The number of benzene rings is 1. The summed E-state index contributed by atoms with van der Waals surface area (Å²) in [5.41, 5.74) is 0.572. The Balaban J connectivity index is 3.17. The summed E-state index contributed by atoms with van der Waals surface area (Å²) in [6.45, 7) is 5.15. The van der Waals surface area contributed by atoms with E-state index in [1.165, 1.54) is 0 Å². The minimum Gasteiger partial charge on any atom is -0.464 e. The Labute approximate surface area is 149 Å². The van der Waals surface area contributed by atoms with Gasteiger partial charge in [-0.1, -0.05) is 52.8 Å². The largest absolute Gasteiger partial charge is 0.464 e. The second-order valence-electron chi connectivity index (χ2n) is 4.70. The third-order valence-corrected chi connectivity index (χ3v) is 3.41. The van der Waals surface area contributed by atoms with Crippen LogP contribution in [0.2, 0.25) is 0 Å². The Kier molecular flexibility index (Phi) is 8.78. The van der Waals surface area contributed by atoms with Crippen molar-refractivity contribution in [3.63, 3.8) is 0 Å². The van der Waals surface area contributed by atoms with E-state index in [-0.39, 0.29) is 13.0 Å². The van der Waals surface area contributed by atoms with Crippen LogP contribution in [0.25, 0.3) is 0 Å². The van der Waals surface area contributed by atoms with Gasteiger partial charge in [0.15, 0.2) is 12.1 Å². The molecule has 0 fully saturated rings. The van der Waals surface area contributed by atoms with Crippen LogP contribution < -0.4 is 5.32 Å². The predicted molar refractivity (Wildman–Crippen MR) is 92.4 cm³/mol. The summed E-state index contributed by atoms with van der Waals surface area (Å²) in [6.07, 6.45) is 0.170. The SMILES string of the molecule is C=CC(=O)N[C@@H](C(=O)OCC)[C@@H](OC(=O)CCBr)c1ccccc1. The van der Waals surface area contributed by atoms with Gasteiger partial charge in [0.2, 0.25) is 5.91 Å². The number of ether oxygens (including phenoxy) is 2. The molecule has 0 unspecified atom stereocenters. The maximum absolute atomic E-state index is 12.3. The number of hydrogen-bond donors (Lipinski definition) is 1. The van der Waals surface area contributed by atoms with E-state index in [1.54, 1.807) is 37.3 Å². The van der Waals surface area contributed by atoms with Crippen molar-refractivity contribution in [3.8, 4) is 0 Å². The Bertz CT molecular complexity index is 576. The third-order valence-electron chi connectivity index (χ3n) is 3.01. The molecule has 0 bridgehead atoms. The van der Waals surface area contributed by atoms with Gasteiger partial charge in [-0.2, -0.15) is 0 Å². The normalized spacial score (nSPS) is 12.6. The number of carbonyl (C=O) groups excluding carboxylic acids is 3. The van der Waals surface area contributed by atoms with Crippen LogP contribution >= 0.6 is 15.9 Å². The molecule has 6 nitrogen and oxygen atoms in total. The van der Waals surface area contributed by atoms with Gasteiger partial charge in [0.05, 0.1) is 13.0 Å². The van der Waals surface area contributed by atoms with Gasteiger partial charge in [0, 0.05) is 5.33 Å². The van der Waals surface area contributed by atoms with Gasteiger partial charge in [0.25, 0.3) is 0 Å². The summed E-state index contributed by atoms with van der Waals surface area (Å²) in [7, 11) is 0. The highest BCUT2D eigenvalue weighted by Crippen LogP contribution is 2.23. The van der Waals surface area contributed by atoms with Gasteiger partial charge < -0.3 is 14.8 Å². The molecule has 0 spiro atoms. The highest BCUT2D eigenvalue weighted by molar-refractivity contribution is 9.09. The predicted octanol–water partition coefficient (Wildman–Crippen LogP) is 2.29. The molecule has 0 radical (unpaired) electrons. The molecule has 2 atom stereocenters. The lowest BCUT2D eigenvalue weighted by atomic mass is 10.0. The molecule has 1 aromatic carbocycles. The Morgan fingerprint density at radius 2 is 1.96 bits per heavy atom. The minimum atomic E-state index is -1.17. The van der Waals surface area contributed by atoms with E-state index in [2.05, 4.69) is 27.8 Å². The Morgan fingerprint density at radius 3 is 2.50 bits per heavy atom. The second kappa shape index (κ2) is 10.6. The first kappa shape index (κ1) is 19.9. The number of nitrogens with one attached hydrogen (secondary N) is 1. The molecule has 0 aliphatic rings. The van der Waals surface area contributed by atoms with E-state index in [4.69, 9.17) is 9.47 Å². The number of alkyl halides is 1. The van der Waals surface area contributed by atoms with Crippen molar-refractivity contribution < 1.29 is 23.9 Å². The monoisotopic (exact) mass is 397 g/mol. The lowest BCUT2D eigenvalue weighted by molar-refractivity contribution is -0.159. The summed E-state index contributed by atoms with van der Waals surface area (Å²) < 4.78 is 10.4. The number of amides is 1. The van der Waals surface area contributed by atoms with Crippen LogP contribution in [0.5, 0.6) is 0 Å². The minimum absolute atomic E-state index is 0.133. The summed E-state index contributed by atoms with van der Waals surface area (Å²) >= 11 is 3.16. The van der Waals surface area contributed by atoms with E-state index >= 15 is 0 Å². The van der Waals surface area contributed by atoms with Crippen LogP contribution in [0.1, 0.15) is 25.0 Å². The summed E-state index contributed by atoms with van der Waals surface area (Å²) in [5.74, 6) is -1.75. The fraction of sp³-hybridized carbons (Fsp3) is 0.353. The molecule has 24 heavy (non-hydrogen) atoms. The molecule has 0 aliphatic carbocycles. The zero-order chi connectivity index (χ0) is 17.9. The molecule has 0 saturated carbocycles. The van der Waals surface area contributed by atoms with Gasteiger partial charge in [-0.3, -0.25) is 9.59 Å². The number of carbonyl (C=O) groups is 3. The first-order chi connectivity index (χ1) is 11.5. The quantitative estimate of drug-likeness (QED) is 0.392. The summed E-state index contributed by atoms with van der Waals surface area (Å²) in [5, 5.41) is 2.90. The standard InChI is InChI=1S/C17H20BrNO5/c1-3-13(20)19-15(17(22)23-4-2)16(24-14(21)10-11-18)12-8-6-5-7-9-12/h3,5-9,15-16H,1,4,10-11H2,2H3,(H,19,20)/t15-,16+/m1/s1. The molecular formula is C17H20BrNO5. The first-order valence-electron chi connectivity index (χ1n) is 7.43. The topological polar surface area (TPSA) is 81.7 Å². The van der Waals surface area contributed by atoms with E-state index in [1.807, 2.05) is 0 Å². The number of halogens is 1. The van der Waals surface area contributed by atoms with E-state index in [0.717, 1.165) is 6.08 Å². The number of hydrogen-bond acceptors (Lipinski definition) is 5. The smallest absolute Gasteiger partial charge is 0.332 e. The Hall–Kier alpha value is -2.15. The van der Waals surface area contributed by atoms with Crippen molar-refractivity contribution in [2.45, 2.75) is 25.5 Å². The van der Waals surface area contributed by atoms with Crippen molar-refractivity contribution in [2.75, 3.05) is 11.9 Å². The van der Waals surface area contributed by atoms with E-state index in [0.29, 0.717) is 10.9 Å². The molecule has 7 heteroatoms. The molecular weight excluding hydrogens is 378 g/mol. The molecule has 1 amide bonds. The lowest BCUT2D eigenvalue weighted by Crippen LogP contribution is -2.46. The maximum Gasteiger partial charge on any atom is 0.332 e. The molecule has 0 heterocycles. The fourth-order valence-corrected chi connectivity index (χ4v) is 2.28. The first-order valence-corrected chi connectivity index (χ1v) is 8.55. The van der Waals surface area contributed by atoms with Gasteiger partial charge in [-0.05, 0) is 18.6 Å². The Morgan fingerprint density at radius 1 is 1.29 bits per heavy atom.